The zero-order chi connectivity index (χ0) is 19.6. The lowest BCUT2D eigenvalue weighted by Crippen LogP contribution is -2.23. The molecule has 1 aromatic rings. The quantitative estimate of drug-likeness (QED) is 0.403. The van der Waals surface area contributed by atoms with Crippen molar-refractivity contribution in [1.82, 2.24) is 0 Å². The van der Waals surface area contributed by atoms with Crippen molar-refractivity contribution in [3.05, 3.63) is 40.5 Å². The molecule has 0 heterocycles. The number of benzene rings is 1. The molecule has 0 aromatic heterocycles. The van der Waals surface area contributed by atoms with E-state index in [1.54, 1.807) is 0 Å². The third-order valence-corrected chi connectivity index (χ3v) is 2.75. The highest BCUT2D eigenvalue weighted by atomic mass is 19.4. The molecule has 1 aromatic carbocycles. The summed E-state index contributed by atoms with van der Waals surface area (Å²) >= 11 is 0. The van der Waals surface area contributed by atoms with Crippen LogP contribution in [-0.2, 0) is 28.1 Å². The molecular formula is C14H9F9O2. The summed E-state index contributed by atoms with van der Waals surface area (Å²) in [7, 11) is 0. The molecular weight excluding hydrogens is 371 g/mol. The van der Waals surface area contributed by atoms with Crippen molar-refractivity contribution < 1.29 is 49.0 Å². The third kappa shape index (κ3) is 5.40. The summed E-state index contributed by atoms with van der Waals surface area (Å²) < 4.78 is 120. The van der Waals surface area contributed by atoms with Crippen LogP contribution in [0.15, 0.2) is 18.2 Å². The number of rotatable bonds is 3. The monoisotopic (exact) mass is 380 g/mol. The van der Waals surface area contributed by atoms with Crippen LogP contribution in [0.1, 0.15) is 29.2 Å². The van der Waals surface area contributed by atoms with Crippen molar-refractivity contribution in [3.63, 3.8) is 0 Å². The van der Waals surface area contributed by atoms with Crippen molar-refractivity contribution in [3.8, 4) is 0 Å². The van der Waals surface area contributed by atoms with Crippen LogP contribution < -0.4 is 0 Å². The predicted molar refractivity (Wildman–Crippen MR) is 67.1 cm³/mol. The van der Waals surface area contributed by atoms with Crippen LogP contribution in [0.2, 0.25) is 0 Å². The number of alkyl halides is 9. The Hall–Kier alpha value is -2.20. The van der Waals surface area contributed by atoms with Gasteiger partial charge in [-0.15, -0.1) is 0 Å². The second-order valence-corrected chi connectivity index (χ2v) is 4.57. The minimum Gasteiger partial charge on any atom is -0.463 e. The Kier molecular flexibility index (Phi) is 5.81. The number of esters is 1. The van der Waals surface area contributed by atoms with Crippen molar-refractivity contribution in [2.24, 2.45) is 0 Å². The SMILES string of the molecule is CCOC(=O)/C=C/c1cc(C(F)(F)F)c(C(F)(F)F)c(C(F)(F)F)c1. The van der Waals surface area contributed by atoms with Gasteiger partial charge < -0.3 is 4.74 Å². The Morgan fingerprint density at radius 3 is 1.68 bits per heavy atom. The highest BCUT2D eigenvalue weighted by Gasteiger charge is 2.50. The van der Waals surface area contributed by atoms with Crippen molar-refractivity contribution >= 4 is 12.0 Å². The maximum Gasteiger partial charge on any atom is 0.417 e. The molecule has 0 spiro atoms. The molecule has 0 atom stereocenters. The summed E-state index contributed by atoms with van der Waals surface area (Å²) in [6.07, 6.45) is -16.3. The smallest absolute Gasteiger partial charge is 0.417 e. The predicted octanol–water partition coefficient (Wildman–Crippen LogP) is 5.32. The topological polar surface area (TPSA) is 26.3 Å². The van der Waals surface area contributed by atoms with E-state index in [1.165, 1.54) is 6.92 Å². The number of hydrogen-bond acceptors (Lipinski definition) is 2. The van der Waals surface area contributed by atoms with Gasteiger partial charge in [-0.3, -0.25) is 0 Å². The van der Waals surface area contributed by atoms with Crippen molar-refractivity contribution in [1.29, 1.82) is 0 Å². The van der Waals surface area contributed by atoms with E-state index < -0.39 is 46.8 Å². The zero-order valence-electron chi connectivity index (χ0n) is 12.2. The first-order valence-electron chi connectivity index (χ1n) is 6.42. The lowest BCUT2D eigenvalue weighted by atomic mass is 9.95. The van der Waals surface area contributed by atoms with Gasteiger partial charge >= 0.3 is 24.5 Å². The van der Waals surface area contributed by atoms with E-state index in [1.807, 2.05) is 0 Å². The largest absolute Gasteiger partial charge is 0.463 e. The maximum absolute atomic E-state index is 12.9. The Morgan fingerprint density at radius 2 is 1.36 bits per heavy atom. The molecule has 25 heavy (non-hydrogen) atoms. The number of carbonyl (C=O) groups excluding carboxylic acids is 1. The average molecular weight is 380 g/mol. The fourth-order valence-corrected chi connectivity index (χ4v) is 1.87. The van der Waals surface area contributed by atoms with Crippen LogP contribution in [0, 0.1) is 0 Å². The number of carbonyl (C=O) groups is 1. The van der Waals surface area contributed by atoms with Gasteiger partial charge in [0, 0.05) is 6.08 Å². The summed E-state index contributed by atoms with van der Waals surface area (Å²) in [5.41, 5.74) is -8.72. The molecule has 2 nitrogen and oxygen atoms in total. The van der Waals surface area contributed by atoms with E-state index in [4.69, 9.17) is 0 Å². The standard InChI is InChI=1S/C14H9F9O2/c1-2-25-10(24)4-3-7-5-8(12(15,16)17)11(14(21,22)23)9(6-7)13(18,19)20/h3-6H,2H2,1H3/b4-3+. The van der Waals surface area contributed by atoms with Crippen LogP contribution >= 0.6 is 0 Å². The van der Waals surface area contributed by atoms with E-state index in [0.29, 0.717) is 12.2 Å². The van der Waals surface area contributed by atoms with Gasteiger partial charge in [0.2, 0.25) is 0 Å². The normalized spacial score (nSPS) is 13.4. The second-order valence-electron chi connectivity index (χ2n) is 4.57. The van der Waals surface area contributed by atoms with Gasteiger partial charge in [-0.2, -0.15) is 39.5 Å². The van der Waals surface area contributed by atoms with Gasteiger partial charge in [-0.25, -0.2) is 4.79 Å². The minimum absolute atomic E-state index is 0.113. The van der Waals surface area contributed by atoms with Gasteiger partial charge in [0.05, 0.1) is 23.3 Å². The highest BCUT2D eigenvalue weighted by Crippen LogP contribution is 2.47. The fraction of sp³-hybridized carbons (Fsp3) is 0.357. The maximum atomic E-state index is 12.9. The molecule has 0 unspecified atom stereocenters. The van der Waals surface area contributed by atoms with E-state index in [-0.39, 0.29) is 18.7 Å². The number of ether oxygens (including phenoxy) is 1. The molecule has 0 N–H and O–H groups in total. The lowest BCUT2D eigenvalue weighted by Gasteiger charge is -2.21. The first-order valence-corrected chi connectivity index (χ1v) is 6.42. The molecule has 11 heteroatoms. The second kappa shape index (κ2) is 6.96. The van der Waals surface area contributed by atoms with Crippen LogP contribution in [0.25, 0.3) is 6.08 Å². The van der Waals surface area contributed by atoms with E-state index >= 15 is 0 Å². The summed E-state index contributed by atoms with van der Waals surface area (Å²) in [5, 5.41) is 0. The Bertz CT molecular complexity index is 631. The van der Waals surface area contributed by atoms with Crippen molar-refractivity contribution in [2.45, 2.75) is 25.5 Å². The van der Waals surface area contributed by atoms with Crippen LogP contribution in [0.5, 0.6) is 0 Å². The fourth-order valence-electron chi connectivity index (χ4n) is 1.87. The van der Waals surface area contributed by atoms with Crippen LogP contribution in [0.4, 0.5) is 39.5 Å². The summed E-state index contributed by atoms with van der Waals surface area (Å²) in [6.45, 7) is 1.28. The molecule has 0 bridgehead atoms. The zero-order valence-corrected chi connectivity index (χ0v) is 12.2. The molecule has 0 fully saturated rings. The summed E-state index contributed by atoms with van der Waals surface area (Å²) in [6, 6.07) is -0.235. The minimum atomic E-state index is -5.89. The van der Waals surface area contributed by atoms with Crippen LogP contribution in [-0.4, -0.2) is 12.6 Å². The first kappa shape index (κ1) is 20.8. The number of halogens is 9. The lowest BCUT2D eigenvalue weighted by molar-refractivity contribution is -0.174. The van der Waals surface area contributed by atoms with Gasteiger partial charge in [0.1, 0.15) is 0 Å². The molecule has 0 saturated carbocycles. The molecule has 0 radical (unpaired) electrons. The van der Waals surface area contributed by atoms with Gasteiger partial charge in [0.25, 0.3) is 0 Å². The number of hydrogen-bond donors (Lipinski definition) is 0. The third-order valence-electron chi connectivity index (χ3n) is 2.75. The van der Waals surface area contributed by atoms with E-state index in [9.17, 15) is 44.3 Å². The highest BCUT2D eigenvalue weighted by molar-refractivity contribution is 5.87. The molecule has 0 aliphatic rings. The Balaban J connectivity index is 3.68. The molecule has 0 amide bonds. The Labute approximate surface area is 134 Å². The molecule has 0 aliphatic carbocycles. The molecule has 0 aliphatic heterocycles. The molecule has 0 saturated heterocycles. The van der Waals surface area contributed by atoms with E-state index in [0.717, 1.165) is 0 Å². The van der Waals surface area contributed by atoms with Crippen molar-refractivity contribution in [2.75, 3.05) is 6.61 Å². The summed E-state index contributed by atoms with van der Waals surface area (Å²) in [5.74, 6) is -1.08. The average Bonchev–Trinajstić information content (AvgIpc) is 2.41. The summed E-state index contributed by atoms with van der Waals surface area (Å²) in [4.78, 5) is 11.1. The Morgan fingerprint density at radius 1 is 0.920 bits per heavy atom. The molecule has 1 rings (SSSR count). The van der Waals surface area contributed by atoms with Crippen LogP contribution in [0.3, 0.4) is 0 Å². The van der Waals surface area contributed by atoms with Gasteiger partial charge in [-0.1, -0.05) is 0 Å². The van der Waals surface area contributed by atoms with E-state index in [2.05, 4.69) is 4.74 Å². The van der Waals surface area contributed by atoms with Gasteiger partial charge in [0.15, 0.2) is 0 Å². The first-order chi connectivity index (χ1) is 11.2. The molecule has 140 valence electrons. The van der Waals surface area contributed by atoms with Gasteiger partial charge in [-0.05, 0) is 30.7 Å².